The summed E-state index contributed by atoms with van der Waals surface area (Å²) in [5.74, 6) is 0.476. The summed E-state index contributed by atoms with van der Waals surface area (Å²) in [4.78, 5) is 17.1. The van der Waals surface area contributed by atoms with Gasteiger partial charge in [0, 0.05) is 11.1 Å². The zero-order valence-corrected chi connectivity index (χ0v) is 12.2. The Morgan fingerprint density at radius 1 is 1.30 bits per heavy atom. The van der Waals surface area contributed by atoms with Crippen LogP contribution in [0.5, 0.6) is 5.75 Å². The SMILES string of the molecule is CSc1ccc(O[C@H](C)C(=O)Nc2cccnc2)cc1. The van der Waals surface area contributed by atoms with E-state index in [2.05, 4.69) is 10.3 Å². The van der Waals surface area contributed by atoms with E-state index in [4.69, 9.17) is 4.74 Å². The highest BCUT2D eigenvalue weighted by atomic mass is 32.2. The highest BCUT2D eigenvalue weighted by Crippen LogP contribution is 2.20. The average Bonchev–Trinajstić information content (AvgIpc) is 2.49. The van der Waals surface area contributed by atoms with Crippen molar-refractivity contribution in [2.75, 3.05) is 11.6 Å². The van der Waals surface area contributed by atoms with Crippen LogP contribution >= 0.6 is 11.8 Å². The molecule has 0 spiro atoms. The molecule has 0 aliphatic rings. The molecule has 1 aromatic heterocycles. The molecule has 0 fully saturated rings. The number of carbonyl (C=O) groups is 1. The molecule has 20 heavy (non-hydrogen) atoms. The van der Waals surface area contributed by atoms with Crippen molar-refractivity contribution in [3.63, 3.8) is 0 Å². The van der Waals surface area contributed by atoms with E-state index in [9.17, 15) is 4.79 Å². The second kappa shape index (κ2) is 6.96. The molecule has 0 saturated carbocycles. The van der Waals surface area contributed by atoms with Gasteiger partial charge in [0.05, 0.1) is 11.9 Å². The summed E-state index contributed by atoms with van der Waals surface area (Å²) in [5.41, 5.74) is 0.658. The van der Waals surface area contributed by atoms with Crippen LogP contribution in [0.2, 0.25) is 0 Å². The topological polar surface area (TPSA) is 51.2 Å². The molecule has 2 rings (SSSR count). The van der Waals surface area contributed by atoms with Gasteiger partial charge in [-0.2, -0.15) is 0 Å². The molecule has 5 heteroatoms. The molecule has 0 saturated heterocycles. The van der Waals surface area contributed by atoms with Crippen LogP contribution < -0.4 is 10.1 Å². The van der Waals surface area contributed by atoms with Crippen LogP contribution in [-0.2, 0) is 4.79 Å². The molecule has 0 aliphatic carbocycles. The number of rotatable bonds is 5. The Kier molecular flexibility index (Phi) is 5.01. The lowest BCUT2D eigenvalue weighted by molar-refractivity contribution is -0.122. The number of benzene rings is 1. The third kappa shape index (κ3) is 3.99. The fraction of sp³-hybridized carbons (Fsp3) is 0.200. The van der Waals surface area contributed by atoms with Gasteiger partial charge in [0.25, 0.3) is 5.91 Å². The fourth-order valence-corrected chi connectivity index (χ4v) is 2.00. The third-order valence-electron chi connectivity index (χ3n) is 2.67. The van der Waals surface area contributed by atoms with Crippen molar-refractivity contribution >= 4 is 23.4 Å². The third-order valence-corrected chi connectivity index (χ3v) is 3.41. The second-order valence-electron chi connectivity index (χ2n) is 4.17. The maximum atomic E-state index is 12.0. The molecule has 2 aromatic rings. The number of hydrogen-bond acceptors (Lipinski definition) is 4. The van der Waals surface area contributed by atoms with Gasteiger partial charge in [0.2, 0.25) is 0 Å². The molecule has 1 aromatic carbocycles. The first-order valence-electron chi connectivity index (χ1n) is 6.20. The van der Waals surface area contributed by atoms with E-state index < -0.39 is 6.10 Å². The molecule has 4 nitrogen and oxygen atoms in total. The van der Waals surface area contributed by atoms with Crippen LogP contribution in [0.25, 0.3) is 0 Å². The maximum Gasteiger partial charge on any atom is 0.265 e. The number of hydrogen-bond donors (Lipinski definition) is 1. The number of carbonyl (C=O) groups excluding carboxylic acids is 1. The molecular weight excluding hydrogens is 272 g/mol. The van der Waals surface area contributed by atoms with Crippen LogP contribution in [0.15, 0.2) is 53.7 Å². The molecular formula is C15H16N2O2S. The Balaban J connectivity index is 1.93. The average molecular weight is 288 g/mol. The fourth-order valence-electron chi connectivity index (χ4n) is 1.59. The van der Waals surface area contributed by atoms with Crippen molar-refractivity contribution in [1.82, 2.24) is 4.98 Å². The summed E-state index contributed by atoms with van der Waals surface area (Å²) < 4.78 is 5.61. The summed E-state index contributed by atoms with van der Waals surface area (Å²) in [7, 11) is 0. The molecule has 0 unspecified atom stereocenters. The first kappa shape index (κ1) is 14.4. The number of anilines is 1. The van der Waals surface area contributed by atoms with Gasteiger partial charge in [-0.05, 0) is 49.6 Å². The van der Waals surface area contributed by atoms with Crippen molar-refractivity contribution < 1.29 is 9.53 Å². The zero-order valence-electron chi connectivity index (χ0n) is 11.4. The predicted molar refractivity (Wildman–Crippen MR) is 81.2 cm³/mol. The molecule has 1 amide bonds. The summed E-state index contributed by atoms with van der Waals surface area (Å²) in [6.07, 6.45) is 4.69. The number of aromatic nitrogens is 1. The lowest BCUT2D eigenvalue weighted by Crippen LogP contribution is -2.30. The van der Waals surface area contributed by atoms with Crippen molar-refractivity contribution in [2.45, 2.75) is 17.9 Å². The van der Waals surface area contributed by atoms with E-state index in [1.165, 1.54) is 0 Å². The van der Waals surface area contributed by atoms with Crippen molar-refractivity contribution in [3.05, 3.63) is 48.8 Å². The van der Waals surface area contributed by atoms with Gasteiger partial charge < -0.3 is 10.1 Å². The lowest BCUT2D eigenvalue weighted by atomic mass is 10.3. The molecule has 1 N–H and O–H groups in total. The zero-order chi connectivity index (χ0) is 14.4. The van der Waals surface area contributed by atoms with Gasteiger partial charge in [-0.15, -0.1) is 11.8 Å². The van der Waals surface area contributed by atoms with Crippen LogP contribution in [0.4, 0.5) is 5.69 Å². The minimum atomic E-state index is -0.574. The monoisotopic (exact) mass is 288 g/mol. The van der Waals surface area contributed by atoms with Crippen LogP contribution in [0.1, 0.15) is 6.92 Å². The minimum absolute atomic E-state index is 0.202. The number of nitrogens with zero attached hydrogens (tertiary/aromatic N) is 1. The standard InChI is InChI=1S/C15H16N2O2S/c1-11(15(18)17-12-4-3-9-16-10-12)19-13-5-7-14(20-2)8-6-13/h3-11H,1-2H3,(H,17,18)/t11-/m1/s1. The largest absolute Gasteiger partial charge is 0.481 e. The molecule has 0 bridgehead atoms. The highest BCUT2D eigenvalue weighted by molar-refractivity contribution is 7.98. The van der Waals surface area contributed by atoms with Crippen molar-refractivity contribution in [1.29, 1.82) is 0 Å². The molecule has 104 valence electrons. The number of ether oxygens (including phenoxy) is 1. The Labute approximate surface area is 122 Å². The maximum absolute atomic E-state index is 12.0. The number of pyridine rings is 1. The van der Waals surface area contributed by atoms with Gasteiger partial charge >= 0.3 is 0 Å². The van der Waals surface area contributed by atoms with E-state index >= 15 is 0 Å². The van der Waals surface area contributed by atoms with E-state index in [0.29, 0.717) is 11.4 Å². The van der Waals surface area contributed by atoms with Gasteiger partial charge in [0.15, 0.2) is 6.10 Å². The first-order chi connectivity index (χ1) is 9.69. The van der Waals surface area contributed by atoms with E-state index in [-0.39, 0.29) is 5.91 Å². The Bertz CT molecular complexity index is 558. The smallest absolute Gasteiger partial charge is 0.265 e. The number of nitrogens with one attached hydrogen (secondary N) is 1. The molecule has 0 aliphatic heterocycles. The Morgan fingerprint density at radius 3 is 2.65 bits per heavy atom. The molecule has 1 atom stereocenters. The highest BCUT2D eigenvalue weighted by Gasteiger charge is 2.14. The number of thioether (sulfide) groups is 1. The summed E-state index contributed by atoms with van der Waals surface area (Å²) in [6.45, 7) is 1.72. The van der Waals surface area contributed by atoms with Crippen LogP contribution in [-0.4, -0.2) is 23.3 Å². The Morgan fingerprint density at radius 2 is 2.05 bits per heavy atom. The van der Waals surface area contributed by atoms with Gasteiger partial charge in [0.1, 0.15) is 5.75 Å². The first-order valence-corrected chi connectivity index (χ1v) is 7.43. The Hall–Kier alpha value is -2.01. The lowest BCUT2D eigenvalue weighted by Gasteiger charge is -2.14. The molecule has 0 radical (unpaired) electrons. The summed E-state index contributed by atoms with van der Waals surface area (Å²) in [6, 6.07) is 11.2. The van der Waals surface area contributed by atoms with Gasteiger partial charge in [-0.3, -0.25) is 9.78 Å². The van der Waals surface area contributed by atoms with E-state index in [1.54, 1.807) is 43.2 Å². The number of amides is 1. The summed E-state index contributed by atoms with van der Waals surface area (Å²) in [5, 5.41) is 2.75. The van der Waals surface area contributed by atoms with Gasteiger partial charge in [-0.25, -0.2) is 0 Å². The molecule has 1 heterocycles. The van der Waals surface area contributed by atoms with Crippen molar-refractivity contribution in [2.24, 2.45) is 0 Å². The van der Waals surface area contributed by atoms with Crippen LogP contribution in [0.3, 0.4) is 0 Å². The predicted octanol–water partition coefficient (Wildman–Crippen LogP) is 3.21. The quantitative estimate of drug-likeness (QED) is 0.858. The normalized spacial score (nSPS) is 11.7. The van der Waals surface area contributed by atoms with Crippen LogP contribution in [0, 0.1) is 0 Å². The summed E-state index contributed by atoms with van der Waals surface area (Å²) >= 11 is 1.66. The minimum Gasteiger partial charge on any atom is -0.481 e. The van der Waals surface area contributed by atoms with Crippen molar-refractivity contribution in [3.8, 4) is 5.75 Å². The van der Waals surface area contributed by atoms with E-state index in [1.807, 2.05) is 30.5 Å². The van der Waals surface area contributed by atoms with Gasteiger partial charge in [-0.1, -0.05) is 0 Å². The van der Waals surface area contributed by atoms with E-state index in [0.717, 1.165) is 4.90 Å². The second-order valence-corrected chi connectivity index (χ2v) is 5.05.